The van der Waals surface area contributed by atoms with Gasteiger partial charge in [0.15, 0.2) is 23.1 Å². The summed E-state index contributed by atoms with van der Waals surface area (Å²) in [4.78, 5) is 60.0. The van der Waals surface area contributed by atoms with E-state index in [2.05, 4.69) is 6.58 Å². The van der Waals surface area contributed by atoms with Gasteiger partial charge >= 0.3 is 0 Å². The van der Waals surface area contributed by atoms with Crippen LogP contribution in [0.1, 0.15) is 35.1 Å². The molecule has 1 saturated heterocycles. The molecule has 8 rings (SSSR count). The van der Waals surface area contributed by atoms with Crippen molar-refractivity contribution in [3.63, 3.8) is 0 Å². The topological polar surface area (TPSA) is 101 Å². The summed E-state index contributed by atoms with van der Waals surface area (Å²) in [5.41, 5.74) is 3.40. The number of ether oxygens (including phenoxy) is 1. The number of aromatic hydroxyl groups is 1. The predicted octanol–water partition coefficient (Wildman–Crippen LogP) is 7.62. The first-order valence-electron chi connectivity index (χ1n) is 17.5. The Morgan fingerprint density at radius 2 is 1.54 bits per heavy atom. The van der Waals surface area contributed by atoms with Gasteiger partial charge in [-0.05, 0) is 71.4 Å². The first kappa shape index (κ1) is 33.1. The molecule has 0 radical (unpaired) electrons. The number of rotatable bonds is 7. The van der Waals surface area contributed by atoms with E-state index in [0.29, 0.717) is 29.0 Å². The Morgan fingerprint density at radius 1 is 0.846 bits per heavy atom. The lowest BCUT2D eigenvalue weighted by Crippen LogP contribution is -2.59. The number of ketones is 2. The van der Waals surface area contributed by atoms with E-state index in [-0.39, 0.29) is 35.6 Å². The molecule has 6 unspecified atom stereocenters. The van der Waals surface area contributed by atoms with Crippen molar-refractivity contribution in [2.24, 2.45) is 29.6 Å². The zero-order chi connectivity index (χ0) is 36.1. The highest BCUT2D eigenvalue weighted by atomic mass is 16.5. The van der Waals surface area contributed by atoms with Crippen molar-refractivity contribution in [2.45, 2.75) is 18.3 Å². The Morgan fingerprint density at radius 3 is 2.23 bits per heavy atom. The number of benzene rings is 4. The van der Waals surface area contributed by atoms with Crippen LogP contribution in [0.4, 0.5) is 5.69 Å². The minimum absolute atomic E-state index is 0.000959. The van der Waals surface area contributed by atoms with Crippen LogP contribution in [0.2, 0.25) is 0 Å². The van der Waals surface area contributed by atoms with Gasteiger partial charge in [-0.15, -0.1) is 0 Å². The number of hydrogen-bond donors (Lipinski definition) is 1. The Labute approximate surface area is 302 Å². The Balaban J connectivity index is 1.31. The van der Waals surface area contributed by atoms with Gasteiger partial charge in [0.05, 0.1) is 30.0 Å². The van der Waals surface area contributed by atoms with E-state index < -0.39 is 35.0 Å². The van der Waals surface area contributed by atoms with Gasteiger partial charge in [0.2, 0.25) is 11.8 Å². The molecule has 3 aliphatic carbocycles. The predicted molar refractivity (Wildman–Crippen MR) is 200 cm³/mol. The summed E-state index contributed by atoms with van der Waals surface area (Å²) >= 11 is 0. The van der Waals surface area contributed by atoms with Crippen molar-refractivity contribution in [3.05, 3.63) is 156 Å². The molecular formula is C45H37NO6. The van der Waals surface area contributed by atoms with E-state index in [1.807, 2.05) is 91.0 Å². The fourth-order valence-electron chi connectivity index (χ4n) is 9.14. The Hall–Kier alpha value is -6.08. The van der Waals surface area contributed by atoms with Crippen LogP contribution in [0.25, 0.3) is 17.7 Å². The fourth-order valence-corrected chi connectivity index (χ4v) is 9.14. The summed E-state index contributed by atoms with van der Waals surface area (Å²) in [5, 5.41) is 10.3. The number of anilines is 1. The lowest BCUT2D eigenvalue weighted by molar-refractivity contribution is -0.135. The molecule has 0 bridgehead atoms. The molecule has 4 aromatic carbocycles. The molecule has 1 aliphatic heterocycles. The quantitative estimate of drug-likeness (QED) is 0.159. The monoisotopic (exact) mass is 687 g/mol. The number of imide groups is 1. The van der Waals surface area contributed by atoms with Crippen molar-refractivity contribution >= 4 is 46.8 Å². The molecule has 258 valence electrons. The molecule has 0 aromatic heterocycles. The van der Waals surface area contributed by atoms with Gasteiger partial charge in [0.25, 0.3) is 0 Å². The standard InChI is InChI=1S/C45H37NO6/c1-3-27-14-18-31(19-15-27)46-43(50)33-21-20-32-35(41(33)44(46)51)25-37-42(49)34(29-10-6-4-7-11-29)26-40(48)45(37,30-12-8-5-9-13-30)36(32)22-16-28-17-23-38(47)39(24-28)52-2/h3-20,22-24,26,33,35-37,41,47H,1,21,25H2,2H3. The number of carbonyl (C=O) groups excluding carboxylic acids is 4. The van der Waals surface area contributed by atoms with Crippen molar-refractivity contribution in [1.29, 1.82) is 0 Å². The molecule has 7 nitrogen and oxygen atoms in total. The molecular weight excluding hydrogens is 650 g/mol. The number of Topliss-reactive ketones (excluding diaryl/α,β-unsaturated/α-hetero) is 1. The van der Waals surface area contributed by atoms with Crippen LogP contribution in [0.3, 0.4) is 0 Å². The maximum atomic E-state index is 15.1. The van der Waals surface area contributed by atoms with Gasteiger partial charge in [-0.1, -0.05) is 115 Å². The first-order chi connectivity index (χ1) is 25.3. The van der Waals surface area contributed by atoms with Crippen LogP contribution in [0.15, 0.2) is 134 Å². The minimum Gasteiger partial charge on any atom is -0.504 e. The van der Waals surface area contributed by atoms with E-state index in [9.17, 15) is 14.7 Å². The SMILES string of the molecule is C=Cc1ccc(N2C(=O)C3CC=C4C(CC5C(=O)C(c6ccccc6)=CC(=O)C5(c5ccccc5)C4C=Cc4ccc(O)c(OC)c4)C3C2=O)cc1. The second-order valence-corrected chi connectivity index (χ2v) is 13.9. The normalized spacial score (nSPS) is 26.7. The van der Waals surface area contributed by atoms with Crippen molar-refractivity contribution < 1.29 is 29.0 Å². The summed E-state index contributed by atoms with van der Waals surface area (Å²) in [6, 6.07) is 30.9. The van der Waals surface area contributed by atoms with Gasteiger partial charge in [0.1, 0.15) is 0 Å². The van der Waals surface area contributed by atoms with Crippen LogP contribution >= 0.6 is 0 Å². The molecule has 1 saturated carbocycles. The number of amides is 2. The fraction of sp³-hybridized carbons (Fsp3) is 0.200. The highest BCUT2D eigenvalue weighted by Gasteiger charge is 2.65. The summed E-state index contributed by atoms with van der Waals surface area (Å²) in [6.07, 6.45) is 9.67. The molecule has 0 spiro atoms. The van der Waals surface area contributed by atoms with E-state index >= 15 is 9.59 Å². The zero-order valence-electron chi connectivity index (χ0n) is 28.6. The second-order valence-electron chi connectivity index (χ2n) is 13.9. The van der Waals surface area contributed by atoms with Crippen LogP contribution < -0.4 is 9.64 Å². The van der Waals surface area contributed by atoms with Gasteiger partial charge in [-0.2, -0.15) is 0 Å². The molecule has 2 fully saturated rings. The molecule has 7 heteroatoms. The molecule has 52 heavy (non-hydrogen) atoms. The maximum absolute atomic E-state index is 15.1. The van der Waals surface area contributed by atoms with Crippen LogP contribution in [0.5, 0.6) is 11.5 Å². The zero-order valence-corrected chi connectivity index (χ0v) is 28.6. The maximum Gasteiger partial charge on any atom is 0.238 e. The number of carbonyl (C=O) groups is 4. The van der Waals surface area contributed by atoms with E-state index in [4.69, 9.17) is 4.74 Å². The van der Waals surface area contributed by atoms with Gasteiger partial charge in [-0.25, -0.2) is 0 Å². The molecule has 2 amide bonds. The number of nitrogens with zero attached hydrogens (tertiary/aromatic N) is 1. The summed E-state index contributed by atoms with van der Waals surface area (Å²) < 4.78 is 5.37. The van der Waals surface area contributed by atoms with Crippen molar-refractivity contribution in [1.82, 2.24) is 0 Å². The Bertz CT molecular complexity index is 2220. The van der Waals surface area contributed by atoms with Crippen molar-refractivity contribution in [3.8, 4) is 11.5 Å². The summed E-state index contributed by atoms with van der Waals surface area (Å²) in [6.45, 7) is 3.81. The van der Waals surface area contributed by atoms with E-state index in [1.165, 1.54) is 18.1 Å². The van der Waals surface area contributed by atoms with Crippen LogP contribution in [0, 0.1) is 29.6 Å². The number of methoxy groups -OCH3 is 1. The lowest BCUT2D eigenvalue weighted by atomic mass is 9.45. The average molecular weight is 688 g/mol. The number of fused-ring (bicyclic) bond motifs is 4. The minimum atomic E-state index is -1.31. The molecule has 1 heterocycles. The number of phenols is 1. The number of allylic oxidation sites excluding steroid dienone is 5. The van der Waals surface area contributed by atoms with Gasteiger partial charge < -0.3 is 9.84 Å². The molecule has 1 N–H and O–H groups in total. The summed E-state index contributed by atoms with van der Waals surface area (Å²) in [5.74, 6) is -3.79. The highest BCUT2D eigenvalue weighted by Crippen LogP contribution is 2.61. The highest BCUT2D eigenvalue weighted by molar-refractivity contribution is 6.31. The van der Waals surface area contributed by atoms with E-state index in [1.54, 1.807) is 36.4 Å². The van der Waals surface area contributed by atoms with Crippen LogP contribution in [-0.2, 0) is 24.6 Å². The third-order valence-corrected chi connectivity index (χ3v) is 11.5. The lowest BCUT2D eigenvalue weighted by Gasteiger charge is -2.54. The van der Waals surface area contributed by atoms with E-state index in [0.717, 1.165) is 22.3 Å². The number of phenolic OH excluding ortho intramolecular Hbond substituents is 1. The molecule has 6 atom stereocenters. The number of hydrogen-bond acceptors (Lipinski definition) is 6. The molecule has 4 aliphatic rings. The van der Waals surface area contributed by atoms with Crippen LogP contribution in [-0.4, -0.2) is 35.6 Å². The van der Waals surface area contributed by atoms with Crippen molar-refractivity contribution in [2.75, 3.05) is 12.0 Å². The Kier molecular flexibility index (Phi) is 8.22. The molecule has 4 aromatic rings. The van der Waals surface area contributed by atoms with Gasteiger partial charge in [-0.3, -0.25) is 24.1 Å². The third kappa shape index (κ3) is 5.02. The average Bonchev–Trinajstić information content (AvgIpc) is 3.44. The largest absolute Gasteiger partial charge is 0.504 e. The smallest absolute Gasteiger partial charge is 0.238 e. The first-order valence-corrected chi connectivity index (χ1v) is 17.5. The third-order valence-electron chi connectivity index (χ3n) is 11.5. The summed E-state index contributed by atoms with van der Waals surface area (Å²) in [7, 11) is 1.48. The second kappa shape index (κ2) is 12.9. The van der Waals surface area contributed by atoms with Gasteiger partial charge in [0, 0.05) is 17.4 Å².